The zero-order chi connectivity index (χ0) is 16.3. The molecule has 0 fully saturated rings. The molecule has 1 amide bonds. The zero-order valence-corrected chi connectivity index (χ0v) is 13.8. The molecule has 116 valence electrons. The molecule has 0 aliphatic rings. The lowest BCUT2D eigenvalue weighted by Gasteiger charge is -2.17. The van der Waals surface area contributed by atoms with E-state index in [9.17, 15) is 4.79 Å². The van der Waals surface area contributed by atoms with Gasteiger partial charge in [0.1, 0.15) is 17.0 Å². The highest BCUT2D eigenvalue weighted by atomic mass is 16.6. The van der Waals surface area contributed by atoms with Crippen molar-refractivity contribution in [2.24, 2.45) is 10.6 Å². The molecular formula is C15H24N4O2. The number of rotatable bonds is 3. The average Bonchev–Trinajstić information content (AvgIpc) is 2.35. The standard InChI is InChI=1S/C15H24N4O2/c1-10(19-21-15(5,6)7)11-8-17-12(9-16-11)18-13(20)14(2,3)4/h8-9H,1-7H3,(H,17,18,20)/b19-10-. The Morgan fingerprint density at radius 2 is 1.76 bits per heavy atom. The first kappa shape index (κ1) is 17.1. The number of carbonyl (C=O) groups excluding carboxylic acids is 1. The minimum Gasteiger partial charge on any atom is -0.390 e. The van der Waals surface area contributed by atoms with Crippen LogP contribution in [0.25, 0.3) is 0 Å². The summed E-state index contributed by atoms with van der Waals surface area (Å²) in [4.78, 5) is 25.6. The van der Waals surface area contributed by atoms with Gasteiger partial charge in [0, 0.05) is 5.41 Å². The SMILES string of the molecule is C/C(=N/OC(C)(C)C)c1cnc(NC(=O)C(C)(C)C)cn1. The molecule has 1 heterocycles. The van der Waals surface area contributed by atoms with Crippen LogP contribution < -0.4 is 5.32 Å². The number of nitrogens with one attached hydrogen (secondary N) is 1. The summed E-state index contributed by atoms with van der Waals surface area (Å²) in [7, 11) is 0. The number of anilines is 1. The number of hydrogen-bond acceptors (Lipinski definition) is 5. The third kappa shape index (κ3) is 5.89. The van der Waals surface area contributed by atoms with Crippen LogP contribution in [0.3, 0.4) is 0 Å². The van der Waals surface area contributed by atoms with Crippen molar-refractivity contribution < 1.29 is 9.63 Å². The van der Waals surface area contributed by atoms with Gasteiger partial charge in [0.05, 0.1) is 12.4 Å². The topological polar surface area (TPSA) is 76.5 Å². The minimum absolute atomic E-state index is 0.106. The third-order valence-corrected chi connectivity index (χ3v) is 2.40. The van der Waals surface area contributed by atoms with Gasteiger partial charge < -0.3 is 10.2 Å². The van der Waals surface area contributed by atoms with Crippen LogP contribution >= 0.6 is 0 Å². The summed E-state index contributed by atoms with van der Waals surface area (Å²) in [6, 6.07) is 0. The number of hydrogen-bond donors (Lipinski definition) is 1. The molecule has 0 saturated carbocycles. The van der Waals surface area contributed by atoms with Crippen LogP contribution in [-0.4, -0.2) is 27.2 Å². The molecule has 0 spiro atoms. The molecular weight excluding hydrogens is 268 g/mol. The highest BCUT2D eigenvalue weighted by molar-refractivity contribution is 5.97. The van der Waals surface area contributed by atoms with Crippen molar-refractivity contribution in [3.05, 3.63) is 18.1 Å². The van der Waals surface area contributed by atoms with Crippen LogP contribution in [0, 0.1) is 5.41 Å². The molecule has 6 heteroatoms. The molecule has 0 aliphatic carbocycles. The maximum Gasteiger partial charge on any atom is 0.230 e. The summed E-state index contributed by atoms with van der Waals surface area (Å²) >= 11 is 0. The van der Waals surface area contributed by atoms with Gasteiger partial charge in [-0.3, -0.25) is 4.79 Å². The maximum atomic E-state index is 11.8. The molecule has 0 aromatic carbocycles. The fourth-order valence-corrected chi connectivity index (χ4v) is 1.14. The Morgan fingerprint density at radius 3 is 2.19 bits per heavy atom. The first-order chi connectivity index (χ1) is 9.49. The van der Waals surface area contributed by atoms with Crippen molar-refractivity contribution in [2.45, 2.75) is 54.1 Å². The second-order valence-corrected chi connectivity index (χ2v) is 6.87. The molecule has 1 aromatic heterocycles. The monoisotopic (exact) mass is 292 g/mol. The molecule has 21 heavy (non-hydrogen) atoms. The summed E-state index contributed by atoms with van der Waals surface area (Å²) in [6.07, 6.45) is 3.07. The van der Waals surface area contributed by atoms with E-state index >= 15 is 0 Å². The van der Waals surface area contributed by atoms with Crippen LogP contribution in [-0.2, 0) is 9.63 Å². The van der Waals surface area contributed by atoms with Gasteiger partial charge in [-0.15, -0.1) is 0 Å². The molecule has 0 atom stereocenters. The molecule has 0 bridgehead atoms. The van der Waals surface area contributed by atoms with Crippen LogP contribution in [0.1, 0.15) is 54.2 Å². The highest BCUT2D eigenvalue weighted by Crippen LogP contribution is 2.16. The number of oxime groups is 1. The molecule has 1 rings (SSSR count). The van der Waals surface area contributed by atoms with E-state index in [1.165, 1.54) is 6.20 Å². The van der Waals surface area contributed by atoms with Crippen molar-refractivity contribution in [2.75, 3.05) is 5.32 Å². The van der Waals surface area contributed by atoms with E-state index in [1.54, 1.807) is 13.1 Å². The maximum absolute atomic E-state index is 11.8. The Hall–Kier alpha value is -1.98. The molecule has 0 unspecified atom stereocenters. The minimum atomic E-state index is -0.474. The van der Waals surface area contributed by atoms with Gasteiger partial charge >= 0.3 is 0 Å². The van der Waals surface area contributed by atoms with Crippen molar-refractivity contribution in [1.29, 1.82) is 0 Å². The van der Waals surface area contributed by atoms with E-state index < -0.39 is 5.41 Å². The second-order valence-electron chi connectivity index (χ2n) is 6.87. The Labute approximate surface area is 126 Å². The first-order valence-corrected chi connectivity index (χ1v) is 6.86. The number of nitrogens with zero attached hydrogens (tertiary/aromatic N) is 3. The summed E-state index contributed by atoms with van der Waals surface area (Å²) in [5.41, 5.74) is 0.410. The molecule has 6 nitrogen and oxygen atoms in total. The Bertz CT molecular complexity index is 522. The predicted molar refractivity (Wildman–Crippen MR) is 83.2 cm³/mol. The van der Waals surface area contributed by atoms with Crippen molar-refractivity contribution in [3.63, 3.8) is 0 Å². The van der Waals surface area contributed by atoms with E-state index in [1.807, 2.05) is 41.5 Å². The van der Waals surface area contributed by atoms with Gasteiger partial charge in [0.15, 0.2) is 5.82 Å². The van der Waals surface area contributed by atoms with Gasteiger partial charge in [-0.1, -0.05) is 25.9 Å². The Morgan fingerprint density at radius 1 is 1.14 bits per heavy atom. The van der Waals surface area contributed by atoms with Gasteiger partial charge in [-0.05, 0) is 27.7 Å². The fraction of sp³-hybridized carbons (Fsp3) is 0.600. The molecule has 1 N–H and O–H groups in total. The molecule has 0 radical (unpaired) electrons. The lowest BCUT2D eigenvalue weighted by atomic mass is 9.96. The number of amides is 1. The number of aromatic nitrogens is 2. The van der Waals surface area contributed by atoms with Crippen LogP contribution in [0.2, 0.25) is 0 Å². The van der Waals surface area contributed by atoms with Crippen molar-refractivity contribution in [1.82, 2.24) is 9.97 Å². The second kappa shape index (κ2) is 6.20. The summed E-state index contributed by atoms with van der Waals surface area (Å²) in [6.45, 7) is 13.1. The van der Waals surface area contributed by atoms with Crippen LogP contribution in [0.15, 0.2) is 17.5 Å². The Kier molecular flexibility index (Phi) is 5.04. The average molecular weight is 292 g/mol. The van der Waals surface area contributed by atoms with E-state index in [0.717, 1.165) is 0 Å². The Balaban J connectivity index is 2.77. The van der Waals surface area contributed by atoms with E-state index in [4.69, 9.17) is 4.84 Å². The van der Waals surface area contributed by atoms with Crippen LogP contribution in [0.5, 0.6) is 0 Å². The highest BCUT2D eigenvalue weighted by Gasteiger charge is 2.21. The predicted octanol–water partition coefficient (Wildman–Crippen LogP) is 3.00. The summed E-state index contributed by atoms with van der Waals surface area (Å²) in [5, 5.41) is 6.74. The first-order valence-electron chi connectivity index (χ1n) is 6.86. The largest absolute Gasteiger partial charge is 0.390 e. The van der Waals surface area contributed by atoms with Gasteiger partial charge in [0.25, 0.3) is 0 Å². The van der Waals surface area contributed by atoms with E-state index in [0.29, 0.717) is 17.2 Å². The zero-order valence-electron chi connectivity index (χ0n) is 13.8. The summed E-state index contributed by atoms with van der Waals surface area (Å²) < 4.78 is 0. The van der Waals surface area contributed by atoms with Gasteiger partial charge in [-0.25, -0.2) is 9.97 Å². The van der Waals surface area contributed by atoms with Gasteiger partial charge in [-0.2, -0.15) is 0 Å². The van der Waals surface area contributed by atoms with E-state index in [2.05, 4.69) is 20.4 Å². The third-order valence-electron chi connectivity index (χ3n) is 2.40. The van der Waals surface area contributed by atoms with Crippen LogP contribution in [0.4, 0.5) is 5.82 Å². The molecule has 0 saturated heterocycles. The van der Waals surface area contributed by atoms with Gasteiger partial charge in [0.2, 0.25) is 5.91 Å². The fourth-order valence-electron chi connectivity index (χ4n) is 1.14. The summed E-state index contributed by atoms with van der Waals surface area (Å²) in [5.74, 6) is 0.314. The van der Waals surface area contributed by atoms with Crippen molar-refractivity contribution >= 4 is 17.4 Å². The molecule has 1 aromatic rings. The molecule has 0 aliphatic heterocycles. The lowest BCUT2D eigenvalue weighted by Crippen LogP contribution is -2.28. The lowest BCUT2D eigenvalue weighted by molar-refractivity contribution is -0.123. The normalized spacial score (nSPS) is 13.0. The smallest absolute Gasteiger partial charge is 0.230 e. The number of carbonyl (C=O) groups is 1. The van der Waals surface area contributed by atoms with E-state index in [-0.39, 0.29) is 11.5 Å². The quantitative estimate of drug-likeness (QED) is 0.686. The van der Waals surface area contributed by atoms with Crippen molar-refractivity contribution in [3.8, 4) is 0 Å².